The van der Waals surface area contributed by atoms with Gasteiger partial charge in [-0.1, -0.05) is 19.1 Å². The van der Waals surface area contributed by atoms with Gasteiger partial charge in [-0.15, -0.1) is 0 Å². The van der Waals surface area contributed by atoms with Gasteiger partial charge in [-0.05, 0) is 54.4 Å². The van der Waals surface area contributed by atoms with E-state index < -0.39 is 11.6 Å². The van der Waals surface area contributed by atoms with E-state index in [-0.39, 0.29) is 17.9 Å². The molecule has 0 bridgehead atoms. The number of hydrogen-bond acceptors (Lipinski definition) is 4. The molecule has 2 fully saturated rings. The van der Waals surface area contributed by atoms with Crippen molar-refractivity contribution < 1.29 is 18.3 Å². The summed E-state index contributed by atoms with van der Waals surface area (Å²) in [5.74, 6) is 0.0173. The second kappa shape index (κ2) is 8.69. The van der Waals surface area contributed by atoms with Crippen LogP contribution in [0.5, 0.6) is 5.88 Å². The maximum absolute atomic E-state index is 13.8. The van der Waals surface area contributed by atoms with Gasteiger partial charge in [-0.2, -0.15) is 0 Å². The number of hydrogen-bond donors (Lipinski definition) is 1. The highest BCUT2D eigenvalue weighted by molar-refractivity contribution is 5.93. The molecule has 2 saturated carbocycles. The number of carbonyl (C=O) groups is 1. The fraction of sp³-hybridized carbons (Fsp3) is 0.321. The summed E-state index contributed by atoms with van der Waals surface area (Å²) in [7, 11) is 1.58. The van der Waals surface area contributed by atoms with E-state index in [4.69, 9.17) is 4.74 Å². The third kappa shape index (κ3) is 3.90. The number of amides is 1. The van der Waals surface area contributed by atoms with Gasteiger partial charge in [0.15, 0.2) is 11.6 Å². The second-order valence-corrected chi connectivity index (χ2v) is 9.88. The van der Waals surface area contributed by atoms with E-state index in [2.05, 4.69) is 15.3 Å². The van der Waals surface area contributed by atoms with Crippen LogP contribution in [-0.4, -0.2) is 27.6 Å². The van der Waals surface area contributed by atoms with Crippen molar-refractivity contribution in [1.29, 1.82) is 0 Å². The molecule has 2 aromatic heterocycles. The Morgan fingerprint density at radius 1 is 1.03 bits per heavy atom. The highest BCUT2D eigenvalue weighted by Gasteiger charge is 2.59. The van der Waals surface area contributed by atoms with E-state index in [9.17, 15) is 13.6 Å². The summed E-state index contributed by atoms with van der Waals surface area (Å²) in [6.07, 6.45) is 5.27. The van der Waals surface area contributed by atoms with Gasteiger partial charge in [0.1, 0.15) is 0 Å². The summed E-state index contributed by atoms with van der Waals surface area (Å²) < 4.78 is 34.4. The first kappa shape index (κ1) is 22.6. The normalized spacial score (nSPS) is 23.3. The van der Waals surface area contributed by atoms with Crippen molar-refractivity contribution in [3.63, 3.8) is 0 Å². The van der Waals surface area contributed by atoms with Gasteiger partial charge >= 0.3 is 0 Å². The number of methoxy groups -OCH3 is 1. The lowest BCUT2D eigenvalue weighted by Crippen LogP contribution is -2.24. The zero-order valence-corrected chi connectivity index (χ0v) is 20.0. The van der Waals surface area contributed by atoms with E-state index in [1.165, 1.54) is 6.07 Å². The lowest BCUT2D eigenvalue weighted by atomic mass is 9.96. The Bertz CT molecular complexity index is 1420. The first-order valence-corrected chi connectivity index (χ1v) is 12.2. The third-order valence-corrected chi connectivity index (χ3v) is 7.92. The average molecular weight is 489 g/mol. The van der Waals surface area contributed by atoms with Crippen LogP contribution in [0.1, 0.15) is 25.8 Å². The summed E-state index contributed by atoms with van der Waals surface area (Å²) in [6, 6.07) is 14.1. The van der Waals surface area contributed by atoms with Crippen LogP contribution in [0.25, 0.3) is 22.2 Å². The number of imidazole rings is 1. The van der Waals surface area contributed by atoms with Crippen LogP contribution in [0.2, 0.25) is 0 Å². The van der Waals surface area contributed by atoms with Gasteiger partial charge in [0.2, 0.25) is 11.8 Å². The maximum Gasteiger partial charge on any atom is 0.227 e. The van der Waals surface area contributed by atoms with Crippen molar-refractivity contribution in [2.75, 3.05) is 12.4 Å². The molecule has 2 aliphatic rings. The molecule has 2 aromatic carbocycles. The molecule has 1 amide bonds. The SMILES string of the molecule is COc1ccc(-c2ccc(NC(=O)C(C)C3[C@H]4CC(n5cnc6cc(F)c(F)cc65)C[C@@H]34)cc2)cn1. The van der Waals surface area contributed by atoms with Crippen molar-refractivity contribution in [2.24, 2.45) is 23.7 Å². The van der Waals surface area contributed by atoms with Crippen molar-refractivity contribution in [2.45, 2.75) is 25.8 Å². The highest BCUT2D eigenvalue weighted by Crippen LogP contribution is 2.64. The Labute approximate surface area is 207 Å². The summed E-state index contributed by atoms with van der Waals surface area (Å²) in [5, 5.41) is 3.06. The minimum atomic E-state index is -0.880. The molecule has 184 valence electrons. The van der Waals surface area contributed by atoms with Crippen LogP contribution in [0, 0.1) is 35.3 Å². The van der Waals surface area contributed by atoms with E-state index in [1.807, 2.05) is 47.9 Å². The van der Waals surface area contributed by atoms with Crippen molar-refractivity contribution >= 4 is 22.6 Å². The largest absolute Gasteiger partial charge is 0.481 e. The molecule has 0 radical (unpaired) electrons. The van der Waals surface area contributed by atoms with Gasteiger partial charge in [0.25, 0.3) is 0 Å². The van der Waals surface area contributed by atoms with Crippen molar-refractivity contribution in [3.8, 4) is 17.0 Å². The Hall–Kier alpha value is -3.81. The van der Waals surface area contributed by atoms with E-state index in [0.29, 0.717) is 34.7 Å². The fourth-order valence-corrected chi connectivity index (χ4v) is 5.99. The molecule has 8 heteroatoms. The number of aromatic nitrogens is 3. The first-order chi connectivity index (χ1) is 17.4. The number of nitrogens with zero attached hydrogens (tertiary/aromatic N) is 3. The smallest absolute Gasteiger partial charge is 0.227 e. The molecular weight excluding hydrogens is 462 g/mol. The molecule has 6 rings (SSSR count). The van der Waals surface area contributed by atoms with Crippen LogP contribution in [0.15, 0.2) is 61.1 Å². The van der Waals surface area contributed by atoms with Crippen LogP contribution in [0.3, 0.4) is 0 Å². The minimum Gasteiger partial charge on any atom is -0.481 e. The fourth-order valence-electron chi connectivity index (χ4n) is 5.99. The topological polar surface area (TPSA) is 69.0 Å². The molecule has 36 heavy (non-hydrogen) atoms. The van der Waals surface area contributed by atoms with E-state index in [1.54, 1.807) is 19.6 Å². The molecule has 0 saturated heterocycles. The summed E-state index contributed by atoms with van der Waals surface area (Å²) in [4.78, 5) is 21.5. The standard InChI is InChI=1S/C28H26F2N4O2/c1-15(28(35)33-18-6-3-16(4-7-18)17-5-8-26(36-2)31-13-17)27-20-9-19(10-21(20)27)34-14-32-24-11-22(29)23(30)12-25(24)34/h3-8,11-15,19-21,27H,9-10H2,1-2H3,(H,33,35)/t15?,19?,20-,21+,27?. The molecule has 4 aromatic rings. The van der Waals surface area contributed by atoms with E-state index in [0.717, 1.165) is 35.7 Å². The molecule has 5 atom stereocenters. The van der Waals surface area contributed by atoms with Crippen LogP contribution in [0.4, 0.5) is 14.5 Å². The molecule has 2 heterocycles. The molecule has 0 aliphatic heterocycles. The Morgan fingerprint density at radius 2 is 1.72 bits per heavy atom. The predicted molar refractivity (Wildman–Crippen MR) is 132 cm³/mol. The second-order valence-electron chi connectivity index (χ2n) is 9.88. The average Bonchev–Trinajstić information content (AvgIpc) is 3.18. The molecule has 6 nitrogen and oxygen atoms in total. The van der Waals surface area contributed by atoms with Gasteiger partial charge in [0.05, 0.1) is 24.5 Å². The molecule has 2 aliphatic carbocycles. The summed E-state index contributed by atoms with van der Waals surface area (Å²) in [6.45, 7) is 2.00. The van der Waals surface area contributed by atoms with E-state index >= 15 is 0 Å². The number of carbonyl (C=O) groups excluding carboxylic acids is 1. The van der Waals surface area contributed by atoms with Crippen LogP contribution < -0.4 is 10.1 Å². The number of benzene rings is 2. The summed E-state index contributed by atoms with van der Waals surface area (Å²) in [5.41, 5.74) is 3.83. The number of fused-ring (bicyclic) bond motifs is 2. The van der Waals surface area contributed by atoms with Gasteiger partial charge in [-0.25, -0.2) is 18.7 Å². The van der Waals surface area contributed by atoms with Crippen LogP contribution >= 0.6 is 0 Å². The molecule has 1 N–H and O–H groups in total. The zero-order valence-electron chi connectivity index (χ0n) is 20.0. The van der Waals surface area contributed by atoms with Gasteiger partial charge in [-0.3, -0.25) is 4.79 Å². The highest BCUT2D eigenvalue weighted by atomic mass is 19.2. The molecule has 0 spiro atoms. The summed E-state index contributed by atoms with van der Waals surface area (Å²) >= 11 is 0. The molecular formula is C28H26F2N4O2. The Morgan fingerprint density at radius 3 is 2.39 bits per heavy atom. The van der Waals surface area contributed by atoms with Crippen LogP contribution in [-0.2, 0) is 4.79 Å². The lowest BCUT2D eigenvalue weighted by Gasteiger charge is -2.20. The third-order valence-electron chi connectivity index (χ3n) is 7.92. The quantitative estimate of drug-likeness (QED) is 0.369. The Balaban J connectivity index is 1.07. The number of anilines is 1. The molecule has 3 unspecified atom stereocenters. The van der Waals surface area contributed by atoms with Crippen molar-refractivity contribution in [1.82, 2.24) is 14.5 Å². The Kier molecular flexibility index (Phi) is 5.47. The number of nitrogens with one attached hydrogen (secondary N) is 1. The monoisotopic (exact) mass is 488 g/mol. The first-order valence-electron chi connectivity index (χ1n) is 12.2. The zero-order chi connectivity index (χ0) is 25.0. The number of rotatable bonds is 6. The predicted octanol–water partition coefficient (Wildman–Crippen LogP) is 5.86. The minimum absolute atomic E-state index is 0.0236. The number of halogens is 2. The lowest BCUT2D eigenvalue weighted by molar-refractivity contribution is -0.120. The van der Waals surface area contributed by atoms with Gasteiger partial charge < -0.3 is 14.6 Å². The van der Waals surface area contributed by atoms with Gasteiger partial charge in [0, 0.05) is 47.6 Å². The number of ether oxygens (including phenoxy) is 1. The van der Waals surface area contributed by atoms with Crippen molar-refractivity contribution in [3.05, 3.63) is 72.7 Å². The number of pyridine rings is 1. The maximum atomic E-state index is 13.8.